The number of carbonyl (C=O) groups excluding carboxylic acids is 3. The van der Waals surface area contributed by atoms with E-state index < -0.39 is 6.04 Å². The number of carbonyl (C=O) groups is 3. The van der Waals surface area contributed by atoms with Gasteiger partial charge in [0.15, 0.2) is 0 Å². The van der Waals surface area contributed by atoms with Crippen LogP contribution >= 0.6 is 0 Å². The normalized spacial score (nSPS) is 23.8. The average Bonchev–Trinajstić information content (AvgIpc) is 3.35. The Labute approximate surface area is 171 Å². The number of hydrogen-bond donors (Lipinski definition) is 0. The number of piperazine rings is 1. The molecule has 1 aromatic rings. The van der Waals surface area contributed by atoms with Crippen molar-refractivity contribution >= 4 is 23.4 Å². The Morgan fingerprint density at radius 1 is 1.00 bits per heavy atom. The van der Waals surface area contributed by atoms with Crippen LogP contribution in [-0.4, -0.2) is 91.4 Å². The summed E-state index contributed by atoms with van der Waals surface area (Å²) in [6, 6.07) is 6.50. The second kappa shape index (κ2) is 8.51. The number of methoxy groups -OCH3 is 1. The van der Waals surface area contributed by atoms with Gasteiger partial charge in [0, 0.05) is 26.2 Å². The number of hydrogen-bond acceptors (Lipinski definition) is 6. The van der Waals surface area contributed by atoms with Crippen molar-refractivity contribution < 1.29 is 19.1 Å². The molecule has 1 aromatic carbocycles. The van der Waals surface area contributed by atoms with Crippen molar-refractivity contribution in [1.29, 1.82) is 0 Å². The number of ether oxygens (including phenoxy) is 1. The molecule has 3 saturated heterocycles. The van der Waals surface area contributed by atoms with Crippen molar-refractivity contribution in [1.82, 2.24) is 14.7 Å². The molecule has 0 spiro atoms. The maximum atomic E-state index is 13.0. The minimum atomic E-state index is -0.444. The first-order valence-corrected chi connectivity index (χ1v) is 10.3. The number of imide groups is 1. The fourth-order valence-corrected chi connectivity index (χ4v) is 4.42. The lowest BCUT2D eigenvalue weighted by atomic mass is 10.1. The molecule has 1 unspecified atom stereocenters. The highest BCUT2D eigenvalue weighted by atomic mass is 16.5. The fourth-order valence-electron chi connectivity index (χ4n) is 4.42. The van der Waals surface area contributed by atoms with Gasteiger partial charge in [0.1, 0.15) is 5.75 Å². The van der Waals surface area contributed by atoms with Crippen molar-refractivity contribution in [2.24, 2.45) is 0 Å². The molecule has 0 aromatic heterocycles. The Balaban J connectivity index is 1.34. The Bertz CT molecular complexity index is 767. The van der Waals surface area contributed by atoms with Crippen LogP contribution in [0.15, 0.2) is 24.3 Å². The molecule has 0 aliphatic carbocycles. The topological polar surface area (TPSA) is 73.4 Å². The smallest absolute Gasteiger partial charge is 0.251 e. The summed E-state index contributed by atoms with van der Waals surface area (Å²) in [6.45, 7) is 4.95. The molecule has 0 saturated carbocycles. The first-order valence-electron chi connectivity index (χ1n) is 10.3. The SMILES string of the molecule is COc1ccc(N2C(=O)CC(N3CCN(C(=O)CN4CCCC4)CC3)C2=O)cc1. The summed E-state index contributed by atoms with van der Waals surface area (Å²) in [4.78, 5) is 45.4. The molecule has 8 heteroatoms. The number of amides is 3. The maximum Gasteiger partial charge on any atom is 0.251 e. The second-order valence-electron chi connectivity index (χ2n) is 7.89. The molecule has 3 aliphatic rings. The highest BCUT2D eigenvalue weighted by Gasteiger charge is 2.43. The summed E-state index contributed by atoms with van der Waals surface area (Å²) in [7, 11) is 1.58. The van der Waals surface area contributed by atoms with Gasteiger partial charge in [-0.3, -0.25) is 24.2 Å². The third kappa shape index (κ3) is 4.13. The summed E-state index contributed by atoms with van der Waals surface area (Å²) in [5.41, 5.74) is 0.572. The lowest BCUT2D eigenvalue weighted by Gasteiger charge is -2.37. The van der Waals surface area contributed by atoms with Gasteiger partial charge < -0.3 is 9.64 Å². The number of anilines is 1. The zero-order valence-electron chi connectivity index (χ0n) is 16.9. The Hall–Kier alpha value is -2.45. The van der Waals surface area contributed by atoms with E-state index in [0.29, 0.717) is 44.2 Å². The van der Waals surface area contributed by atoms with E-state index in [9.17, 15) is 14.4 Å². The highest BCUT2D eigenvalue weighted by Crippen LogP contribution is 2.27. The van der Waals surface area contributed by atoms with Gasteiger partial charge in [0.05, 0.1) is 31.8 Å². The molecule has 8 nitrogen and oxygen atoms in total. The standard InChI is InChI=1S/C21H28N4O4/c1-29-17-6-4-16(5-7-17)25-19(26)14-18(21(25)28)23-10-12-24(13-11-23)20(27)15-22-8-2-3-9-22/h4-7,18H,2-3,8-15H2,1H3. The lowest BCUT2D eigenvalue weighted by Crippen LogP contribution is -2.55. The quantitative estimate of drug-likeness (QED) is 0.673. The molecule has 0 bridgehead atoms. The second-order valence-corrected chi connectivity index (χ2v) is 7.89. The van der Waals surface area contributed by atoms with Gasteiger partial charge >= 0.3 is 0 Å². The van der Waals surface area contributed by atoms with Gasteiger partial charge in [-0.2, -0.15) is 0 Å². The first kappa shape index (κ1) is 19.8. The van der Waals surface area contributed by atoms with E-state index in [4.69, 9.17) is 4.74 Å². The van der Waals surface area contributed by atoms with Crippen LogP contribution in [0.1, 0.15) is 19.3 Å². The van der Waals surface area contributed by atoms with Crippen LogP contribution in [0.25, 0.3) is 0 Å². The van der Waals surface area contributed by atoms with Gasteiger partial charge in [-0.15, -0.1) is 0 Å². The van der Waals surface area contributed by atoms with Gasteiger partial charge in [0.25, 0.3) is 5.91 Å². The molecule has 156 valence electrons. The van der Waals surface area contributed by atoms with Crippen LogP contribution in [0.3, 0.4) is 0 Å². The Kier molecular flexibility index (Phi) is 5.82. The monoisotopic (exact) mass is 400 g/mol. The van der Waals surface area contributed by atoms with Gasteiger partial charge in [0.2, 0.25) is 11.8 Å². The average molecular weight is 400 g/mol. The fraction of sp³-hybridized carbons (Fsp3) is 0.571. The van der Waals surface area contributed by atoms with Crippen LogP contribution in [0.5, 0.6) is 5.75 Å². The Morgan fingerprint density at radius 3 is 2.28 bits per heavy atom. The molecular formula is C21H28N4O4. The van der Waals surface area contributed by atoms with Crippen molar-refractivity contribution in [3.63, 3.8) is 0 Å². The van der Waals surface area contributed by atoms with Crippen molar-refractivity contribution in [3.8, 4) is 5.75 Å². The van der Waals surface area contributed by atoms with Gasteiger partial charge in [-0.25, -0.2) is 4.90 Å². The molecule has 3 fully saturated rings. The molecule has 3 heterocycles. The van der Waals surface area contributed by atoms with E-state index in [-0.39, 0.29) is 24.1 Å². The largest absolute Gasteiger partial charge is 0.497 e. The molecule has 0 radical (unpaired) electrons. The predicted octanol–water partition coefficient (Wildman–Crippen LogP) is 0.567. The highest BCUT2D eigenvalue weighted by molar-refractivity contribution is 6.22. The van der Waals surface area contributed by atoms with Crippen molar-refractivity contribution in [3.05, 3.63) is 24.3 Å². The summed E-state index contributed by atoms with van der Waals surface area (Å²) in [5.74, 6) is 0.481. The summed E-state index contributed by atoms with van der Waals surface area (Å²) >= 11 is 0. The van der Waals surface area contributed by atoms with E-state index >= 15 is 0 Å². The van der Waals surface area contributed by atoms with Crippen molar-refractivity contribution in [2.45, 2.75) is 25.3 Å². The summed E-state index contributed by atoms with van der Waals surface area (Å²) in [5, 5.41) is 0. The zero-order valence-corrected chi connectivity index (χ0v) is 16.9. The van der Waals surface area contributed by atoms with Crippen LogP contribution in [-0.2, 0) is 14.4 Å². The molecule has 4 rings (SSSR count). The third-order valence-corrected chi connectivity index (χ3v) is 6.12. The number of rotatable bonds is 5. The van der Waals surface area contributed by atoms with E-state index in [1.54, 1.807) is 31.4 Å². The molecular weight excluding hydrogens is 372 g/mol. The zero-order chi connectivity index (χ0) is 20.4. The first-order chi connectivity index (χ1) is 14.1. The van der Waals surface area contributed by atoms with Crippen LogP contribution < -0.4 is 9.64 Å². The molecule has 0 N–H and O–H groups in total. The maximum absolute atomic E-state index is 13.0. The lowest BCUT2D eigenvalue weighted by molar-refractivity contribution is -0.134. The summed E-state index contributed by atoms with van der Waals surface area (Å²) in [6.07, 6.45) is 2.53. The van der Waals surface area contributed by atoms with Crippen LogP contribution in [0.2, 0.25) is 0 Å². The third-order valence-electron chi connectivity index (χ3n) is 6.12. The minimum absolute atomic E-state index is 0.167. The molecule has 3 amide bonds. The van der Waals surface area contributed by atoms with Gasteiger partial charge in [-0.1, -0.05) is 0 Å². The molecule has 3 aliphatic heterocycles. The number of nitrogens with zero attached hydrogens (tertiary/aromatic N) is 4. The van der Waals surface area contributed by atoms with E-state index in [1.165, 1.54) is 17.7 Å². The van der Waals surface area contributed by atoms with E-state index in [1.807, 2.05) is 9.80 Å². The number of likely N-dealkylation sites (tertiary alicyclic amines) is 1. The predicted molar refractivity (Wildman–Crippen MR) is 108 cm³/mol. The molecule has 1 atom stereocenters. The molecule has 29 heavy (non-hydrogen) atoms. The van der Waals surface area contributed by atoms with Crippen LogP contribution in [0, 0.1) is 0 Å². The minimum Gasteiger partial charge on any atom is -0.497 e. The van der Waals surface area contributed by atoms with Gasteiger partial charge in [-0.05, 0) is 50.2 Å². The van der Waals surface area contributed by atoms with Crippen molar-refractivity contribution in [2.75, 3.05) is 57.8 Å². The van der Waals surface area contributed by atoms with Crippen LogP contribution in [0.4, 0.5) is 5.69 Å². The number of benzene rings is 1. The summed E-state index contributed by atoms with van der Waals surface area (Å²) < 4.78 is 5.14. The van der Waals surface area contributed by atoms with E-state index in [2.05, 4.69) is 4.90 Å². The Morgan fingerprint density at radius 2 is 1.66 bits per heavy atom. The van der Waals surface area contributed by atoms with E-state index in [0.717, 1.165) is 13.1 Å².